The molecule has 63 heavy (non-hydrogen) atoms. The third kappa shape index (κ3) is 23.6. The molecule has 0 bridgehead atoms. The molecule has 10 nitrogen and oxygen atoms in total. The van der Waals surface area contributed by atoms with Gasteiger partial charge in [0.25, 0.3) is 0 Å². The molecule has 4 aromatic rings. The van der Waals surface area contributed by atoms with Gasteiger partial charge >= 0.3 is 51.4 Å². The van der Waals surface area contributed by atoms with Crippen LogP contribution in [0.25, 0.3) is 12.2 Å². The number of hydrogen-bond donors (Lipinski definition) is 1. The van der Waals surface area contributed by atoms with E-state index >= 15 is 0 Å². The standard InChI is InChI=1S/C32H33N3S3.C9H19NO4S.C7H15NO.K/c1-5-23(4)29-18-16-28(17-19-29)22-38-32-34-30(36-20-26-12-8-24(6-2)9-13-26)33-31(35-32)37-21-27-14-10-25(7-3)11-15-27;1-5-7(2)8(11)10-9(3,4)6-15(12,13)14;1-5-6(2)7(9)8(3)4;/h6-19,23H,2-3,5,20-22H2,1,4H3;7H,5-6H2,1-4H3,(H,10,11)(H,12,13,14);6H,5H2,1-4H3;/q;;;+1/p-1. The van der Waals surface area contributed by atoms with Crippen LogP contribution in [0.15, 0.2) is 101 Å². The third-order valence-corrected chi connectivity index (χ3v) is 13.6. The molecule has 0 saturated heterocycles. The maximum Gasteiger partial charge on any atom is 1.00 e. The largest absolute Gasteiger partial charge is 1.00 e. The van der Waals surface area contributed by atoms with Crippen molar-refractivity contribution in [2.45, 2.75) is 119 Å². The number of carbonyl (C=O) groups excluding carboxylic acids is 2. The Kier molecular flexibility index (Phi) is 28.0. The minimum Gasteiger partial charge on any atom is -0.748 e. The van der Waals surface area contributed by atoms with E-state index in [1.165, 1.54) is 36.1 Å². The summed E-state index contributed by atoms with van der Waals surface area (Å²) in [4.78, 5) is 38.5. The molecule has 338 valence electrons. The maximum atomic E-state index is 11.5. The number of nitrogens with zero attached hydrogens (tertiary/aromatic N) is 4. The summed E-state index contributed by atoms with van der Waals surface area (Å²) in [5.74, 6) is 2.40. The summed E-state index contributed by atoms with van der Waals surface area (Å²) in [5.41, 5.74) is 6.35. The number of amides is 2. The quantitative estimate of drug-likeness (QED) is 0.0521. The minimum absolute atomic E-state index is 0. The van der Waals surface area contributed by atoms with Crippen LogP contribution in [0.2, 0.25) is 0 Å². The zero-order valence-corrected chi connectivity index (χ0v) is 45.5. The van der Waals surface area contributed by atoms with Gasteiger partial charge in [0.2, 0.25) is 11.8 Å². The van der Waals surface area contributed by atoms with Gasteiger partial charge in [-0.2, -0.15) is 15.0 Å². The molecule has 3 atom stereocenters. The molecule has 0 fully saturated rings. The van der Waals surface area contributed by atoms with Crippen molar-refractivity contribution >= 4 is 69.4 Å². The minimum atomic E-state index is -4.32. The van der Waals surface area contributed by atoms with Crippen molar-refractivity contribution in [3.05, 3.63) is 119 Å². The van der Waals surface area contributed by atoms with Crippen molar-refractivity contribution in [1.82, 2.24) is 25.2 Å². The van der Waals surface area contributed by atoms with Crippen LogP contribution in [0, 0.1) is 11.8 Å². The molecule has 3 unspecified atom stereocenters. The van der Waals surface area contributed by atoms with Crippen LogP contribution < -0.4 is 56.7 Å². The Labute approximate surface area is 433 Å². The number of rotatable bonds is 20. The van der Waals surface area contributed by atoms with E-state index in [-0.39, 0.29) is 75.0 Å². The summed E-state index contributed by atoms with van der Waals surface area (Å²) in [6, 6.07) is 25.8. The summed E-state index contributed by atoms with van der Waals surface area (Å²) in [5, 5.41) is 4.82. The second-order valence-corrected chi connectivity index (χ2v) is 20.1. The molecule has 2 amide bonds. The predicted molar refractivity (Wildman–Crippen MR) is 261 cm³/mol. The van der Waals surface area contributed by atoms with Gasteiger partial charge in [0.15, 0.2) is 15.5 Å². The monoisotopic (exact) mass is 959 g/mol. The first-order valence-corrected chi connectivity index (χ1v) is 25.4. The van der Waals surface area contributed by atoms with Gasteiger partial charge in [-0.05, 0) is 72.4 Å². The molecule has 1 heterocycles. The summed E-state index contributed by atoms with van der Waals surface area (Å²) in [7, 11) is -0.752. The number of benzene rings is 3. The van der Waals surface area contributed by atoms with Crippen LogP contribution in [-0.4, -0.2) is 70.0 Å². The van der Waals surface area contributed by atoms with Gasteiger partial charge in [0, 0.05) is 48.7 Å². The first kappa shape index (κ1) is 58.7. The number of thioether (sulfide) groups is 3. The second kappa shape index (κ2) is 30.1. The predicted octanol–water partition coefficient (Wildman–Crippen LogP) is 8.15. The Morgan fingerprint density at radius 3 is 1.35 bits per heavy atom. The Balaban J connectivity index is 0.000000655. The van der Waals surface area contributed by atoms with Gasteiger partial charge < -0.3 is 14.8 Å². The van der Waals surface area contributed by atoms with Crippen LogP contribution >= 0.6 is 35.3 Å². The molecule has 0 aliphatic carbocycles. The fourth-order valence-electron chi connectivity index (χ4n) is 5.37. The van der Waals surface area contributed by atoms with Crippen molar-refractivity contribution in [3.8, 4) is 0 Å². The van der Waals surface area contributed by atoms with Crippen LogP contribution in [0.5, 0.6) is 0 Å². The number of carbonyl (C=O) groups is 2. The summed E-state index contributed by atoms with van der Waals surface area (Å²) < 4.78 is 31.7. The summed E-state index contributed by atoms with van der Waals surface area (Å²) in [6.07, 6.45) is 6.47. The molecule has 1 N–H and O–H groups in total. The molecule has 0 aliphatic heterocycles. The van der Waals surface area contributed by atoms with E-state index in [1.807, 2.05) is 32.9 Å². The van der Waals surface area contributed by atoms with Gasteiger partial charge in [0.05, 0.1) is 15.9 Å². The fourth-order valence-corrected chi connectivity index (χ4v) is 8.87. The zero-order valence-electron chi connectivity index (χ0n) is 39.1. The van der Waals surface area contributed by atoms with E-state index in [9.17, 15) is 22.6 Å². The van der Waals surface area contributed by atoms with E-state index in [2.05, 4.69) is 105 Å². The molecule has 0 radical (unpaired) electrons. The first-order chi connectivity index (χ1) is 29.2. The Morgan fingerprint density at radius 2 is 1.06 bits per heavy atom. The Bertz CT molecular complexity index is 2040. The molecule has 0 spiro atoms. The van der Waals surface area contributed by atoms with Crippen molar-refractivity contribution in [1.29, 1.82) is 0 Å². The van der Waals surface area contributed by atoms with Crippen LogP contribution in [0.3, 0.4) is 0 Å². The number of hydrogen-bond acceptors (Lipinski definition) is 11. The molecule has 0 aliphatic rings. The average molecular weight is 960 g/mol. The molecular weight excluding hydrogens is 894 g/mol. The van der Waals surface area contributed by atoms with Crippen molar-refractivity contribution < 1.29 is 73.9 Å². The van der Waals surface area contributed by atoms with Crippen molar-refractivity contribution in [2.75, 3.05) is 19.8 Å². The van der Waals surface area contributed by atoms with Gasteiger partial charge in [-0.25, -0.2) is 8.42 Å². The van der Waals surface area contributed by atoms with Crippen molar-refractivity contribution in [3.63, 3.8) is 0 Å². The van der Waals surface area contributed by atoms with Gasteiger partial charge in [-0.1, -0.05) is 175 Å². The van der Waals surface area contributed by atoms with Gasteiger partial charge in [0.1, 0.15) is 0 Å². The zero-order chi connectivity index (χ0) is 46.5. The summed E-state index contributed by atoms with van der Waals surface area (Å²) in [6.45, 7) is 22.8. The number of aromatic nitrogens is 3. The first-order valence-electron chi connectivity index (χ1n) is 20.9. The van der Waals surface area contributed by atoms with E-state index in [0.717, 1.165) is 56.7 Å². The maximum absolute atomic E-state index is 11.5. The Morgan fingerprint density at radius 1 is 0.698 bits per heavy atom. The smallest absolute Gasteiger partial charge is 0.748 e. The Hall–Kier alpha value is -2.31. The number of nitrogens with one attached hydrogen (secondary N) is 1. The molecule has 4 rings (SSSR count). The second-order valence-electron chi connectivity index (χ2n) is 15.9. The molecule has 1 aromatic heterocycles. The fraction of sp³-hybridized carbons (Fsp3) is 0.438. The SMILES string of the molecule is C=Cc1ccc(CSc2nc(SCc3ccc(C=C)cc3)nc(SCc3ccc(C(C)CC)cc3)n2)cc1.CCC(C)C(=O)N(C)C.CCC(C)C(=O)NC(C)(C)CS(=O)(=O)[O-].[K+]. The molecule has 15 heteroatoms. The third-order valence-electron chi connectivity index (χ3n) is 9.80. The summed E-state index contributed by atoms with van der Waals surface area (Å²) >= 11 is 4.95. The molecule has 0 saturated carbocycles. The topological polar surface area (TPSA) is 145 Å². The van der Waals surface area contributed by atoms with E-state index in [0.29, 0.717) is 12.3 Å². The van der Waals surface area contributed by atoms with Crippen LogP contribution in [-0.2, 0) is 37.0 Å². The normalized spacial score (nSPS) is 12.4. The van der Waals surface area contributed by atoms with Crippen LogP contribution in [0.1, 0.15) is 114 Å². The van der Waals surface area contributed by atoms with E-state index < -0.39 is 21.4 Å². The average Bonchev–Trinajstić information content (AvgIpc) is 3.25. The molecule has 3 aromatic carbocycles. The van der Waals surface area contributed by atoms with Gasteiger partial charge in [-0.3, -0.25) is 9.59 Å². The van der Waals surface area contributed by atoms with E-state index in [4.69, 9.17) is 15.0 Å². The molecular formula is C48H66KN5O5S4. The van der Waals surface area contributed by atoms with Crippen LogP contribution in [0.4, 0.5) is 0 Å². The van der Waals surface area contributed by atoms with E-state index in [1.54, 1.807) is 61.2 Å². The van der Waals surface area contributed by atoms with Gasteiger partial charge in [-0.15, -0.1) is 0 Å². The van der Waals surface area contributed by atoms with Crippen molar-refractivity contribution in [2.24, 2.45) is 11.8 Å².